The number of ether oxygens (including phenoxy) is 1. The lowest BCUT2D eigenvalue weighted by Gasteiger charge is -2.38. The number of benzene rings is 1. The first kappa shape index (κ1) is 15.2. The molecule has 1 aliphatic carbocycles. The van der Waals surface area contributed by atoms with Gasteiger partial charge in [-0.25, -0.2) is 0 Å². The van der Waals surface area contributed by atoms with Gasteiger partial charge < -0.3 is 20.3 Å². The van der Waals surface area contributed by atoms with Crippen molar-refractivity contribution in [2.24, 2.45) is 11.7 Å². The zero-order valence-electron chi connectivity index (χ0n) is 13.2. The molecule has 2 unspecified atom stereocenters. The Hall–Kier alpha value is -1.75. The van der Waals surface area contributed by atoms with Crippen LogP contribution in [-0.2, 0) is 4.79 Å². The number of piperazine rings is 1. The van der Waals surface area contributed by atoms with E-state index in [1.54, 1.807) is 7.11 Å². The maximum atomic E-state index is 12.6. The number of nitrogens with two attached hydrogens (primary N) is 1. The van der Waals surface area contributed by atoms with E-state index in [0.29, 0.717) is 0 Å². The summed E-state index contributed by atoms with van der Waals surface area (Å²) in [6.45, 7) is 3.21. The summed E-state index contributed by atoms with van der Waals surface area (Å²) in [5.41, 5.74) is 7.17. The zero-order chi connectivity index (χ0) is 15.5. The molecule has 3 rings (SSSR count). The van der Waals surface area contributed by atoms with Gasteiger partial charge in [-0.1, -0.05) is 18.6 Å². The molecule has 1 saturated carbocycles. The second kappa shape index (κ2) is 6.57. The van der Waals surface area contributed by atoms with E-state index in [1.807, 2.05) is 23.1 Å². The number of methoxy groups -OCH3 is 1. The van der Waals surface area contributed by atoms with E-state index in [0.717, 1.165) is 56.9 Å². The molecule has 2 atom stereocenters. The van der Waals surface area contributed by atoms with Crippen LogP contribution in [0.3, 0.4) is 0 Å². The van der Waals surface area contributed by atoms with Gasteiger partial charge in [-0.2, -0.15) is 0 Å². The molecular weight excluding hydrogens is 278 g/mol. The van der Waals surface area contributed by atoms with Gasteiger partial charge in [0, 0.05) is 32.2 Å². The molecule has 1 aliphatic heterocycles. The Bertz CT molecular complexity index is 526. The Labute approximate surface area is 132 Å². The Morgan fingerprint density at radius 2 is 1.91 bits per heavy atom. The predicted octanol–water partition coefficient (Wildman–Crippen LogP) is 1.47. The molecule has 0 radical (unpaired) electrons. The highest BCUT2D eigenvalue weighted by Gasteiger charge is 2.34. The SMILES string of the molecule is COc1ccccc1N1CCN(C(=O)C2CCCC2N)CC1. The summed E-state index contributed by atoms with van der Waals surface area (Å²) in [7, 11) is 1.69. The fraction of sp³-hybridized carbons (Fsp3) is 0.588. The summed E-state index contributed by atoms with van der Waals surface area (Å²) in [6, 6.07) is 8.10. The number of hydrogen-bond acceptors (Lipinski definition) is 4. The largest absolute Gasteiger partial charge is 0.495 e. The summed E-state index contributed by atoms with van der Waals surface area (Å²) < 4.78 is 5.43. The van der Waals surface area contributed by atoms with Crippen molar-refractivity contribution < 1.29 is 9.53 Å². The highest BCUT2D eigenvalue weighted by molar-refractivity contribution is 5.80. The molecule has 120 valence electrons. The second-order valence-electron chi connectivity index (χ2n) is 6.19. The van der Waals surface area contributed by atoms with Gasteiger partial charge >= 0.3 is 0 Å². The van der Waals surface area contributed by atoms with Crippen molar-refractivity contribution in [2.45, 2.75) is 25.3 Å². The van der Waals surface area contributed by atoms with Crippen LogP contribution < -0.4 is 15.4 Å². The number of hydrogen-bond donors (Lipinski definition) is 1. The molecule has 2 aliphatic rings. The first-order valence-corrected chi connectivity index (χ1v) is 8.13. The lowest BCUT2D eigenvalue weighted by Crippen LogP contribution is -2.52. The van der Waals surface area contributed by atoms with Crippen LogP contribution >= 0.6 is 0 Å². The van der Waals surface area contributed by atoms with Crippen molar-refractivity contribution in [1.29, 1.82) is 0 Å². The monoisotopic (exact) mass is 303 g/mol. The Morgan fingerprint density at radius 1 is 1.18 bits per heavy atom. The zero-order valence-corrected chi connectivity index (χ0v) is 13.2. The normalized spacial score (nSPS) is 25.4. The highest BCUT2D eigenvalue weighted by Crippen LogP contribution is 2.30. The first-order chi connectivity index (χ1) is 10.7. The molecule has 1 aromatic carbocycles. The van der Waals surface area contributed by atoms with Crippen LogP contribution in [0, 0.1) is 5.92 Å². The standard InChI is InChI=1S/C17H25N3O2/c1-22-16-8-3-2-7-15(16)19-9-11-20(12-10-19)17(21)13-5-4-6-14(13)18/h2-3,7-8,13-14H,4-6,9-12,18H2,1H3. The molecule has 2 N–H and O–H groups in total. The third-order valence-corrected chi connectivity index (χ3v) is 4.90. The van der Waals surface area contributed by atoms with Crippen molar-refractivity contribution >= 4 is 11.6 Å². The number of nitrogens with zero attached hydrogens (tertiary/aromatic N) is 2. The van der Waals surface area contributed by atoms with Crippen LogP contribution in [0.4, 0.5) is 5.69 Å². The third kappa shape index (κ3) is 2.90. The van der Waals surface area contributed by atoms with Crippen LogP contribution in [-0.4, -0.2) is 50.1 Å². The quantitative estimate of drug-likeness (QED) is 0.919. The average Bonchev–Trinajstić information content (AvgIpc) is 3.00. The molecule has 1 aromatic rings. The van der Waals surface area contributed by atoms with E-state index in [-0.39, 0.29) is 17.9 Å². The minimum Gasteiger partial charge on any atom is -0.495 e. The van der Waals surface area contributed by atoms with Crippen LogP contribution in [0.15, 0.2) is 24.3 Å². The summed E-state index contributed by atoms with van der Waals surface area (Å²) in [5.74, 6) is 1.18. The molecule has 0 bridgehead atoms. The van der Waals surface area contributed by atoms with E-state index in [9.17, 15) is 4.79 Å². The van der Waals surface area contributed by atoms with Crippen molar-refractivity contribution in [2.75, 3.05) is 38.2 Å². The van der Waals surface area contributed by atoms with E-state index in [1.165, 1.54) is 0 Å². The Balaban J connectivity index is 1.61. The molecule has 2 fully saturated rings. The van der Waals surface area contributed by atoms with Gasteiger partial charge in [0.1, 0.15) is 5.75 Å². The van der Waals surface area contributed by atoms with Crippen molar-refractivity contribution in [3.63, 3.8) is 0 Å². The van der Waals surface area contributed by atoms with Gasteiger partial charge in [-0.3, -0.25) is 4.79 Å². The number of anilines is 1. The fourth-order valence-corrected chi connectivity index (χ4v) is 3.59. The van der Waals surface area contributed by atoms with Crippen molar-refractivity contribution in [3.05, 3.63) is 24.3 Å². The molecule has 5 heteroatoms. The number of carbonyl (C=O) groups excluding carboxylic acids is 1. The fourth-order valence-electron chi connectivity index (χ4n) is 3.59. The van der Waals surface area contributed by atoms with Gasteiger partial charge in [0.15, 0.2) is 0 Å². The van der Waals surface area contributed by atoms with E-state index in [2.05, 4.69) is 11.0 Å². The highest BCUT2D eigenvalue weighted by atomic mass is 16.5. The lowest BCUT2D eigenvalue weighted by atomic mass is 10.0. The first-order valence-electron chi connectivity index (χ1n) is 8.13. The number of para-hydroxylation sites is 2. The molecule has 1 heterocycles. The van der Waals surface area contributed by atoms with Gasteiger partial charge in [-0.15, -0.1) is 0 Å². The van der Waals surface area contributed by atoms with Gasteiger partial charge in [-0.05, 0) is 25.0 Å². The third-order valence-electron chi connectivity index (χ3n) is 4.90. The maximum Gasteiger partial charge on any atom is 0.227 e. The van der Waals surface area contributed by atoms with E-state index in [4.69, 9.17) is 10.5 Å². The summed E-state index contributed by atoms with van der Waals surface area (Å²) >= 11 is 0. The number of carbonyl (C=O) groups is 1. The maximum absolute atomic E-state index is 12.6. The minimum atomic E-state index is 0.0396. The van der Waals surface area contributed by atoms with Gasteiger partial charge in [0.2, 0.25) is 5.91 Å². The average molecular weight is 303 g/mol. The predicted molar refractivity (Wildman–Crippen MR) is 87.1 cm³/mol. The van der Waals surface area contributed by atoms with Gasteiger partial charge in [0.25, 0.3) is 0 Å². The molecule has 1 amide bonds. The topological polar surface area (TPSA) is 58.8 Å². The van der Waals surface area contributed by atoms with E-state index >= 15 is 0 Å². The smallest absolute Gasteiger partial charge is 0.227 e. The summed E-state index contributed by atoms with van der Waals surface area (Å²) in [5, 5.41) is 0. The lowest BCUT2D eigenvalue weighted by molar-refractivity contribution is -0.136. The van der Waals surface area contributed by atoms with Crippen LogP contribution in [0.2, 0.25) is 0 Å². The molecule has 0 spiro atoms. The Morgan fingerprint density at radius 3 is 2.55 bits per heavy atom. The molecule has 1 saturated heterocycles. The second-order valence-corrected chi connectivity index (χ2v) is 6.19. The summed E-state index contributed by atoms with van der Waals surface area (Å²) in [6.07, 6.45) is 3.02. The number of amides is 1. The molecule has 5 nitrogen and oxygen atoms in total. The summed E-state index contributed by atoms with van der Waals surface area (Å²) in [4.78, 5) is 16.9. The van der Waals surface area contributed by atoms with Crippen LogP contribution in [0.1, 0.15) is 19.3 Å². The van der Waals surface area contributed by atoms with Crippen LogP contribution in [0.5, 0.6) is 5.75 Å². The number of rotatable bonds is 3. The molecule has 22 heavy (non-hydrogen) atoms. The van der Waals surface area contributed by atoms with E-state index < -0.39 is 0 Å². The molecule has 0 aromatic heterocycles. The minimum absolute atomic E-state index is 0.0396. The van der Waals surface area contributed by atoms with Crippen molar-refractivity contribution in [1.82, 2.24) is 4.90 Å². The Kier molecular flexibility index (Phi) is 4.52. The van der Waals surface area contributed by atoms with Crippen molar-refractivity contribution in [3.8, 4) is 5.75 Å². The van der Waals surface area contributed by atoms with Crippen LogP contribution in [0.25, 0.3) is 0 Å². The molecular formula is C17H25N3O2. The van der Waals surface area contributed by atoms with Gasteiger partial charge in [0.05, 0.1) is 18.7 Å².